The Bertz CT molecular complexity index is 1040. The van der Waals surface area contributed by atoms with Gasteiger partial charge in [-0.15, -0.1) is 0 Å². The maximum atomic E-state index is 14.1. The fourth-order valence-electron chi connectivity index (χ4n) is 2.36. The molecular weight excluding hydrogens is 359 g/mol. The maximum absolute atomic E-state index is 14.1. The molecule has 0 fully saturated rings. The van der Waals surface area contributed by atoms with Gasteiger partial charge in [0.25, 0.3) is 0 Å². The lowest BCUT2D eigenvalue weighted by Gasteiger charge is -2.10. The Balaban J connectivity index is 1.74. The van der Waals surface area contributed by atoms with Gasteiger partial charge in [0.15, 0.2) is 18.2 Å². The van der Waals surface area contributed by atoms with Gasteiger partial charge in [0.1, 0.15) is 11.8 Å². The maximum Gasteiger partial charge on any atom is 0.229 e. The molecule has 7 nitrogen and oxygen atoms in total. The van der Waals surface area contributed by atoms with Crippen molar-refractivity contribution in [3.63, 3.8) is 0 Å². The molecule has 0 aliphatic carbocycles. The molecule has 0 aliphatic heterocycles. The van der Waals surface area contributed by atoms with Gasteiger partial charge in [-0.3, -0.25) is 0 Å². The first-order chi connectivity index (χ1) is 13.7. The number of nitrogens with zero attached hydrogens (tertiary/aromatic N) is 4. The molecule has 0 spiro atoms. The van der Waals surface area contributed by atoms with E-state index in [-0.39, 0.29) is 18.4 Å². The first-order valence-corrected chi connectivity index (χ1v) is 8.30. The standard InChI is InChI=1S/C20H15FN6O/c21-18-13-24-20(26-15-6-4-14(5-7-15)8-9-22)27-19(18)25-16-2-1-3-17(12-16)28-11-10-23/h1-7,12-13H,8,11H2,(H2,24,25,26,27). The summed E-state index contributed by atoms with van der Waals surface area (Å²) in [6.07, 6.45) is 1.40. The van der Waals surface area contributed by atoms with Crippen molar-refractivity contribution in [3.05, 3.63) is 66.1 Å². The number of anilines is 4. The minimum Gasteiger partial charge on any atom is -0.479 e. The molecular formula is C20H15FN6O. The lowest BCUT2D eigenvalue weighted by Crippen LogP contribution is -2.03. The number of hydrogen-bond donors (Lipinski definition) is 2. The van der Waals surface area contributed by atoms with Gasteiger partial charge in [0.05, 0.1) is 18.7 Å². The molecule has 2 aromatic carbocycles. The van der Waals surface area contributed by atoms with Crippen LogP contribution in [0.1, 0.15) is 5.56 Å². The average molecular weight is 374 g/mol. The Morgan fingerprint density at radius 1 is 1.00 bits per heavy atom. The van der Waals surface area contributed by atoms with Crippen LogP contribution in [0.4, 0.5) is 27.5 Å². The molecule has 0 unspecified atom stereocenters. The molecule has 0 bridgehead atoms. The number of rotatable bonds is 7. The van der Waals surface area contributed by atoms with Crippen LogP contribution in [0.25, 0.3) is 0 Å². The van der Waals surface area contributed by atoms with E-state index in [1.54, 1.807) is 36.4 Å². The molecule has 3 aromatic rings. The summed E-state index contributed by atoms with van der Waals surface area (Å²) in [5.41, 5.74) is 2.17. The lowest BCUT2D eigenvalue weighted by molar-refractivity contribution is 0.368. The summed E-state index contributed by atoms with van der Waals surface area (Å²) < 4.78 is 19.3. The monoisotopic (exact) mass is 374 g/mol. The normalized spacial score (nSPS) is 9.82. The van der Waals surface area contributed by atoms with E-state index in [0.29, 0.717) is 23.5 Å². The van der Waals surface area contributed by atoms with Crippen LogP contribution in [0, 0.1) is 28.5 Å². The van der Waals surface area contributed by atoms with Gasteiger partial charge in [-0.05, 0) is 29.8 Å². The van der Waals surface area contributed by atoms with Crippen molar-refractivity contribution in [3.8, 4) is 17.9 Å². The van der Waals surface area contributed by atoms with Crippen molar-refractivity contribution >= 4 is 23.1 Å². The minimum atomic E-state index is -0.613. The van der Waals surface area contributed by atoms with E-state index >= 15 is 0 Å². The van der Waals surface area contributed by atoms with E-state index in [0.717, 1.165) is 11.8 Å². The molecule has 0 amide bonds. The summed E-state index contributed by atoms with van der Waals surface area (Å²) in [7, 11) is 0. The Labute approximate surface area is 161 Å². The van der Waals surface area contributed by atoms with E-state index < -0.39 is 5.82 Å². The smallest absolute Gasteiger partial charge is 0.229 e. The largest absolute Gasteiger partial charge is 0.479 e. The van der Waals surface area contributed by atoms with Crippen LogP contribution in [-0.4, -0.2) is 16.6 Å². The number of aromatic nitrogens is 2. The van der Waals surface area contributed by atoms with Crippen molar-refractivity contribution in [2.75, 3.05) is 17.2 Å². The van der Waals surface area contributed by atoms with E-state index in [1.165, 1.54) is 0 Å². The third-order valence-electron chi connectivity index (χ3n) is 3.64. The predicted molar refractivity (Wildman–Crippen MR) is 102 cm³/mol. The Hall–Kier alpha value is -4.17. The molecule has 0 aliphatic rings. The first kappa shape index (κ1) is 18.6. The van der Waals surface area contributed by atoms with E-state index in [9.17, 15) is 4.39 Å². The van der Waals surface area contributed by atoms with Gasteiger partial charge in [-0.1, -0.05) is 18.2 Å². The third kappa shape index (κ3) is 4.93. The highest BCUT2D eigenvalue weighted by atomic mass is 19.1. The number of halogens is 1. The number of ether oxygens (including phenoxy) is 1. The van der Waals surface area contributed by atoms with Gasteiger partial charge >= 0.3 is 0 Å². The summed E-state index contributed by atoms with van der Waals surface area (Å²) >= 11 is 0. The quantitative estimate of drug-likeness (QED) is 0.642. The summed E-state index contributed by atoms with van der Waals surface area (Å²) in [6.45, 7) is -0.0768. The molecule has 0 saturated carbocycles. The van der Waals surface area contributed by atoms with E-state index in [2.05, 4.69) is 26.7 Å². The first-order valence-electron chi connectivity index (χ1n) is 8.30. The highest BCUT2D eigenvalue weighted by Crippen LogP contribution is 2.23. The SMILES string of the molecule is N#CCOc1cccc(Nc2nc(Nc3ccc(CC#N)cc3)ncc2F)c1. The molecule has 28 heavy (non-hydrogen) atoms. The van der Waals surface area contributed by atoms with Gasteiger partial charge in [-0.2, -0.15) is 15.5 Å². The zero-order valence-electron chi connectivity index (χ0n) is 14.7. The van der Waals surface area contributed by atoms with Crippen LogP contribution in [0.2, 0.25) is 0 Å². The Morgan fingerprint density at radius 3 is 2.57 bits per heavy atom. The molecule has 8 heteroatoms. The fraction of sp³-hybridized carbons (Fsp3) is 0.100. The van der Waals surface area contributed by atoms with Crippen LogP contribution < -0.4 is 15.4 Å². The zero-order valence-corrected chi connectivity index (χ0v) is 14.7. The summed E-state index contributed by atoms with van der Waals surface area (Å²) in [6, 6.07) is 18.0. The summed E-state index contributed by atoms with van der Waals surface area (Å²) in [5, 5.41) is 23.2. The average Bonchev–Trinajstić information content (AvgIpc) is 2.71. The molecule has 2 N–H and O–H groups in total. The molecule has 0 radical (unpaired) electrons. The number of benzene rings is 2. The van der Waals surface area contributed by atoms with E-state index in [1.807, 2.05) is 18.2 Å². The molecule has 3 rings (SSSR count). The van der Waals surface area contributed by atoms with Crippen LogP contribution in [-0.2, 0) is 6.42 Å². The number of nitriles is 2. The Kier molecular flexibility index (Phi) is 5.96. The second kappa shape index (κ2) is 8.97. The fourth-order valence-corrected chi connectivity index (χ4v) is 2.36. The second-order valence-electron chi connectivity index (χ2n) is 5.65. The van der Waals surface area contributed by atoms with Crippen LogP contribution in [0.5, 0.6) is 5.75 Å². The van der Waals surface area contributed by atoms with Crippen molar-refractivity contribution in [2.24, 2.45) is 0 Å². The molecule has 0 atom stereocenters. The van der Waals surface area contributed by atoms with Crippen molar-refractivity contribution in [2.45, 2.75) is 6.42 Å². The lowest BCUT2D eigenvalue weighted by atomic mass is 10.1. The zero-order chi connectivity index (χ0) is 19.8. The topological polar surface area (TPSA) is 107 Å². The number of nitrogens with one attached hydrogen (secondary N) is 2. The van der Waals surface area contributed by atoms with Gasteiger partial charge in [0, 0.05) is 17.4 Å². The van der Waals surface area contributed by atoms with Crippen molar-refractivity contribution in [1.29, 1.82) is 10.5 Å². The molecule has 1 heterocycles. The molecule has 0 saturated heterocycles. The predicted octanol–water partition coefficient (Wildman–Crippen LogP) is 4.07. The van der Waals surface area contributed by atoms with Crippen LogP contribution >= 0.6 is 0 Å². The third-order valence-corrected chi connectivity index (χ3v) is 3.64. The van der Waals surface area contributed by atoms with Gasteiger partial charge < -0.3 is 15.4 Å². The van der Waals surface area contributed by atoms with Crippen LogP contribution in [0.3, 0.4) is 0 Å². The number of hydrogen-bond acceptors (Lipinski definition) is 7. The van der Waals surface area contributed by atoms with Crippen molar-refractivity contribution in [1.82, 2.24) is 9.97 Å². The molecule has 138 valence electrons. The summed E-state index contributed by atoms with van der Waals surface area (Å²) in [4.78, 5) is 8.10. The highest BCUT2D eigenvalue weighted by molar-refractivity contribution is 5.61. The van der Waals surface area contributed by atoms with E-state index in [4.69, 9.17) is 15.3 Å². The van der Waals surface area contributed by atoms with Gasteiger partial charge in [-0.25, -0.2) is 9.37 Å². The minimum absolute atomic E-state index is 0.00367. The van der Waals surface area contributed by atoms with Gasteiger partial charge in [0.2, 0.25) is 5.95 Å². The second-order valence-corrected chi connectivity index (χ2v) is 5.65. The van der Waals surface area contributed by atoms with Crippen molar-refractivity contribution < 1.29 is 9.13 Å². The summed E-state index contributed by atoms with van der Waals surface area (Å²) in [5.74, 6) is 0.0833. The van der Waals surface area contributed by atoms with Crippen LogP contribution in [0.15, 0.2) is 54.7 Å². The highest BCUT2D eigenvalue weighted by Gasteiger charge is 2.09. The molecule has 1 aromatic heterocycles. The Morgan fingerprint density at radius 2 is 1.82 bits per heavy atom.